The number of benzene rings is 2. The van der Waals surface area contributed by atoms with Gasteiger partial charge in [-0.1, -0.05) is 29.8 Å². The first-order chi connectivity index (χ1) is 9.97. The maximum atomic E-state index is 12.8. The Balaban J connectivity index is 1.97. The molecule has 0 fully saturated rings. The summed E-state index contributed by atoms with van der Waals surface area (Å²) in [6, 6.07) is 10.5. The molecule has 1 unspecified atom stereocenters. The molecule has 1 amide bonds. The molecule has 0 aliphatic heterocycles. The lowest BCUT2D eigenvalue weighted by molar-refractivity contribution is 0.0916. The minimum absolute atomic E-state index is 0.0377. The maximum absolute atomic E-state index is 12.8. The predicted octanol–water partition coefficient (Wildman–Crippen LogP) is 3.25. The molecule has 2 rings (SSSR count). The monoisotopic (exact) mass is 307 g/mol. The van der Waals surface area contributed by atoms with Crippen molar-refractivity contribution >= 4 is 17.5 Å². The second kappa shape index (κ2) is 6.70. The van der Waals surface area contributed by atoms with E-state index in [-0.39, 0.29) is 18.3 Å². The molecule has 2 N–H and O–H groups in total. The highest BCUT2D eigenvalue weighted by Crippen LogP contribution is 2.17. The molecule has 0 saturated carbocycles. The van der Waals surface area contributed by atoms with Crippen LogP contribution in [0.25, 0.3) is 0 Å². The first-order valence-electron chi connectivity index (χ1n) is 6.45. The predicted molar refractivity (Wildman–Crippen MR) is 79.9 cm³/mol. The molecule has 0 spiro atoms. The van der Waals surface area contributed by atoms with Gasteiger partial charge in [0, 0.05) is 17.1 Å². The van der Waals surface area contributed by atoms with Crippen molar-refractivity contribution in [3.05, 3.63) is 70.0 Å². The summed E-state index contributed by atoms with van der Waals surface area (Å²) < 4.78 is 12.8. The molecule has 21 heavy (non-hydrogen) atoms. The van der Waals surface area contributed by atoms with Crippen molar-refractivity contribution in [3.63, 3.8) is 0 Å². The van der Waals surface area contributed by atoms with E-state index in [1.54, 1.807) is 18.2 Å². The maximum Gasteiger partial charge on any atom is 0.251 e. The molecule has 5 heteroatoms. The van der Waals surface area contributed by atoms with Gasteiger partial charge in [0.05, 0.1) is 6.10 Å². The second-order valence-electron chi connectivity index (χ2n) is 4.74. The van der Waals surface area contributed by atoms with Crippen LogP contribution in [0.15, 0.2) is 42.5 Å². The number of aliphatic hydroxyl groups is 1. The van der Waals surface area contributed by atoms with Gasteiger partial charge in [0.1, 0.15) is 5.82 Å². The molecule has 1 atom stereocenters. The van der Waals surface area contributed by atoms with E-state index < -0.39 is 6.10 Å². The Morgan fingerprint density at radius 2 is 1.95 bits per heavy atom. The molecule has 0 saturated heterocycles. The second-order valence-corrected chi connectivity index (χ2v) is 5.15. The van der Waals surface area contributed by atoms with Crippen molar-refractivity contribution in [3.8, 4) is 0 Å². The number of amides is 1. The number of rotatable bonds is 4. The highest BCUT2D eigenvalue weighted by atomic mass is 35.5. The summed E-state index contributed by atoms with van der Waals surface area (Å²) in [4.78, 5) is 12.0. The summed E-state index contributed by atoms with van der Waals surface area (Å²) >= 11 is 5.97. The van der Waals surface area contributed by atoms with Crippen LogP contribution in [0.5, 0.6) is 0 Å². The summed E-state index contributed by atoms with van der Waals surface area (Å²) in [7, 11) is 0. The average Bonchev–Trinajstić information content (AvgIpc) is 2.48. The standard InChI is InChI=1S/C16H15ClFNO2/c1-10-2-3-12(8-14(10)17)16(21)19-9-15(20)11-4-6-13(18)7-5-11/h2-8,15,20H,9H2,1H3,(H,19,21). The van der Waals surface area contributed by atoms with Gasteiger partial charge in [-0.15, -0.1) is 0 Å². The minimum atomic E-state index is -0.893. The van der Waals surface area contributed by atoms with Crippen LogP contribution >= 0.6 is 11.6 Å². The van der Waals surface area contributed by atoms with Crippen molar-refractivity contribution < 1.29 is 14.3 Å². The van der Waals surface area contributed by atoms with Gasteiger partial charge < -0.3 is 10.4 Å². The Morgan fingerprint density at radius 3 is 2.57 bits per heavy atom. The lowest BCUT2D eigenvalue weighted by atomic mass is 10.1. The van der Waals surface area contributed by atoms with Gasteiger partial charge in [0.2, 0.25) is 0 Å². The van der Waals surface area contributed by atoms with Crippen molar-refractivity contribution in [2.24, 2.45) is 0 Å². The zero-order chi connectivity index (χ0) is 15.4. The van der Waals surface area contributed by atoms with Crippen LogP contribution in [-0.4, -0.2) is 17.6 Å². The molecule has 110 valence electrons. The molecular formula is C16H15ClFNO2. The summed E-state index contributed by atoms with van der Waals surface area (Å²) in [5, 5.41) is 13.1. The van der Waals surface area contributed by atoms with Gasteiger partial charge >= 0.3 is 0 Å². The fourth-order valence-electron chi connectivity index (χ4n) is 1.83. The van der Waals surface area contributed by atoms with E-state index in [0.29, 0.717) is 16.1 Å². The van der Waals surface area contributed by atoms with Gasteiger partial charge in [-0.3, -0.25) is 4.79 Å². The van der Waals surface area contributed by atoms with Gasteiger partial charge in [-0.05, 0) is 42.3 Å². The van der Waals surface area contributed by atoms with Crippen molar-refractivity contribution in [2.75, 3.05) is 6.54 Å². The molecule has 0 aliphatic rings. The number of hydrogen-bond acceptors (Lipinski definition) is 2. The number of aliphatic hydroxyl groups excluding tert-OH is 1. The summed E-state index contributed by atoms with van der Waals surface area (Å²) in [5.74, 6) is -0.692. The molecule has 0 aliphatic carbocycles. The Labute approximate surface area is 127 Å². The van der Waals surface area contributed by atoms with E-state index in [1.165, 1.54) is 24.3 Å². The highest BCUT2D eigenvalue weighted by molar-refractivity contribution is 6.31. The molecular weight excluding hydrogens is 293 g/mol. The Bertz CT molecular complexity index is 643. The summed E-state index contributed by atoms with van der Waals surface area (Å²) in [6.07, 6.45) is -0.893. The van der Waals surface area contributed by atoms with E-state index >= 15 is 0 Å². The fraction of sp³-hybridized carbons (Fsp3) is 0.188. The van der Waals surface area contributed by atoms with Crippen molar-refractivity contribution in [2.45, 2.75) is 13.0 Å². The third-order valence-electron chi connectivity index (χ3n) is 3.14. The van der Waals surface area contributed by atoms with Crippen LogP contribution in [0.2, 0.25) is 5.02 Å². The smallest absolute Gasteiger partial charge is 0.251 e. The first kappa shape index (κ1) is 15.5. The molecule has 2 aromatic rings. The number of carbonyl (C=O) groups excluding carboxylic acids is 1. The number of halogens is 2. The van der Waals surface area contributed by atoms with Crippen LogP contribution in [0, 0.1) is 12.7 Å². The lowest BCUT2D eigenvalue weighted by Crippen LogP contribution is -2.28. The van der Waals surface area contributed by atoms with Crippen LogP contribution < -0.4 is 5.32 Å². The molecule has 3 nitrogen and oxygen atoms in total. The number of carbonyl (C=O) groups is 1. The molecule has 0 bridgehead atoms. The first-order valence-corrected chi connectivity index (χ1v) is 6.83. The summed E-state index contributed by atoms with van der Waals surface area (Å²) in [5.41, 5.74) is 1.86. The molecule has 0 radical (unpaired) electrons. The number of aryl methyl sites for hydroxylation is 1. The Morgan fingerprint density at radius 1 is 1.29 bits per heavy atom. The van der Waals surface area contributed by atoms with E-state index in [1.807, 2.05) is 6.92 Å². The number of nitrogens with one attached hydrogen (secondary N) is 1. The van der Waals surface area contributed by atoms with Crippen LogP contribution in [-0.2, 0) is 0 Å². The van der Waals surface area contributed by atoms with Crippen molar-refractivity contribution in [1.82, 2.24) is 5.32 Å². The van der Waals surface area contributed by atoms with Gasteiger partial charge in [0.15, 0.2) is 0 Å². The van der Waals surface area contributed by atoms with Crippen LogP contribution in [0.3, 0.4) is 0 Å². The third-order valence-corrected chi connectivity index (χ3v) is 3.55. The van der Waals surface area contributed by atoms with Crippen LogP contribution in [0.1, 0.15) is 27.6 Å². The normalized spacial score (nSPS) is 12.0. The fourth-order valence-corrected chi connectivity index (χ4v) is 2.01. The molecule has 2 aromatic carbocycles. The third kappa shape index (κ3) is 4.03. The van der Waals surface area contributed by atoms with E-state index in [4.69, 9.17) is 11.6 Å². The largest absolute Gasteiger partial charge is 0.387 e. The van der Waals surface area contributed by atoms with E-state index in [2.05, 4.69) is 5.32 Å². The SMILES string of the molecule is Cc1ccc(C(=O)NCC(O)c2ccc(F)cc2)cc1Cl. The molecule has 0 heterocycles. The van der Waals surface area contributed by atoms with Crippen molar-refractivity contribution in [1.29, 1.82) is 0 Å². The lowest BCUT2D eigenvalue weighted by Gasteiger charge is -2.12. The van der Waals surface area contributed by atoms with Crippen LogP contribution in [0.4, 0.5) is 4.39 Å². The Hall–Kier alpha value is -1.91. The summed E-state index contributed by atoms with van der Waals surface area (Å²) in [6.45, 7) is 1.89. The van der Waals surface area contributed by atoms with Gasteiger partial charge in [-0.2, -0.15) is 0 Å². The molecule has 0 aromatic heterocycles. The van der Waals surface area contributed by atoms with Gasteiger partial charge in [-0.25, -0.2) is 4.39 Å². The zero-order valence-corrected chi connectivity index (χ0v) is 12.2. The minimum Gasteiger partial charge on any atom is -0.387 e. The Kier molecular flexibility index (Phi) is 4.94. The highest BCUT2D eigenvalue weighted by Gasteiger charge is 2.11. The quantitative estimate of drug-likeness (QED) is 0.911. The number of hydrogen-bond donors (Lipinski definition) is 2. The van der Waals surface area contributed by atoms with Gasteiger partial charge in [0.25, 0.3) is 5.91 Å². The zero-order valence-electron chi connectivity index (χ0n) is 11.4. The average molecular weight is 308 g/mol. The van der Waals surface area contributed by atoms with E-state index in [9.17, 15) is 14.3 Å². The van der Waals surface area contributed by atoms with E-state index in [0.717, 1.165) is 5.56 Å². The topological polar surface area (TPSA) is 49.3 Å².